The first-order valence-corrected chi connectivity index (χ1v) is 8.52. The molecule has 110 valence electrons. The minimum absolute atomic E-state index is 0.571. The van der Waals surface area contributed by atoms with Crippen molar-refractivity contribution in [1.82, 2.24) is 4.90 Å². The van der Waals surface area contributed by atoms with Crippen LogP contribution in [-0.4, -0.2) is 50.3 Å². The number of benzene rings is 1. The zero-order valence-corrected chi connectivity index (χ0v) is 13.9. The van der Waals surface area contributed by atoms with Crippen LogP contribution in [0.3, 0.4) is 0 Å². The Labute approximate surface area is 134 Å². The Morgan fingerprint density at radius 1 is 1.25 bits per heavy atom. The smallest absolute Gasteiger partial charge is 0.0594 e. The van der Waals surface area contributed by atoms with Crippen molar-refractivity contribution in [3.05, 3.63) is 28.2 Å². The highest BCUT2D eigenvalue weighted by molar-refractivity contribution is 9.10. The summed E-state index contributed by atoms with van der Waals surface area (Å²) in [5, 5.41) is 0. The Morgan fingerprint density at radius 3 is 2.80 bits per heavy atom. The first kappa shape index (κ1) is 14.6. The van der Waals surface area contributed by atoms with Crippen LogP contribution in [0.15, 0.2) is 22.7 Å². The first-order chi connectivity index (χ1) is 9.78. The van der Waals surface area contributed by atoms with Gasteiger partial charge in [0.05, 0.1) is 13.2 Å². The SMILES string of the molecule is ClCc1ccc(Br)cc1N1CCC(N2CCOCC2)C1. The molecule has 2 saturated heterocycles. The van der Waals surface area contributed by atoms with Gasteiger partial charge in [-0.3, -0.25) is 4.90 Å². The van der Waals surface area contributed by atoms with Crippen molar-refractivity contribution in [3.63, 3.8) is 0 Å². The van der Waals surface area contributed by atoms with Crippen LogP contribution in [0.2, 0.25) is 0 Å². The van der Waals surface area contributed by atoms with Crippen molar-refractivity contribution in [2.45, 2.75) is 18.3 Å². The van der Waals surface area contributed by atoms with Crippen molar-refractivity contribution in [1.29, 1.82) is 0 Å². The van der Waals surface area contributed by atoms with Gasteiger partial charge < -0.3 is 9.64 Å². The maximum Gasteiger partial charge on any atom is 0.0594 e. The maximum absolute atomic E-state index is 6.08. The van der Waals surface area contributed by atoms with E-state index in [4.69, 9.17) is 16.3 Å². The van der Waals surface area contributed by atoms with Crippen LogP contribution in [0, 0.1) is 0 Å². The Kier molecular flexibility index (Phi) is 4.87. The van der Waals surface area contributed by atoms with Crippen LogP contribution >= 0.6 is 27.5 Å². The van der Waals surface area contributed by atoms with Crippen molar-refractivity contribution < 1.29 is 4.74 Å². The van der Waals surface area contributed by atoms with E-state index in [1.165, 1.54) is 17.7 Å². The molecule has 1 unspecified atom stereocenters. The molecule has 1 aromatic rings. The van der Waals surface area contributed by atoms with Gasteiger partial charge in [0, 0.05) is 48.3 Å². The molecule has 2 fully saturated rings. The topological polar surface area (TPSA) is 15.7 Å². The first-order valence-electron chi connectivity index (χ1n) is 7.19. The average Bonchev–Trinajstić information content (AvgIpc) is 2.98. The molecule has 3 rings (SSSR count). The zero-order valence-electron chi connectivity index (χ0n) is 11.5. The monoisotopic (exact) mass is 358 g/mol. The van der Waals surface area contributed by atoms with Gasteiger partial charge in [0.1, 0.15) is 0 Å². The lowest BCUT2D eigenvalue weighted by Gasteiger charge is -2.32. The molecule has 2 aliphatic heterocycles. The van der Waals surface area contributed by atoms with Crippen LogP contribution in [-0.2, 0) is 10.6 Å². The number of hydrogen-bond acceptors (Lipinski definition) is 3. The Bertz CT molecular complexity index is 465. The molecule has 20 heavy (non-hydrogen) atoms. The van der Waals surface area contributed by atoms with E-state index in [1.807, 2.05) is 0 Å². The molecule has 0 bridgehead atoms. The number of alkyl halides is 1. The third-order valence-electron chi connectivity index (χ3n) is 4.26. The van der Waals surface area contributed by atoms with E-state index in [0.29, 0.717) is 11.9 Å². The third-order valence-corrected chi connectivity index (χ3v) is 5.04. The predicted molar refractivity (Wildman–Crippen MR) is 86.7 cm³/mol. The van der Waals surface area contributed by atoms with Gasteiger partial charge in [0.25, 0.3) is 0 Å². The second-order valence-corrected chi connectivity index (χ2v) is 6.63. The van der Waals surface area contributed by atoms with E-state index in [0.717, 1.165) is 43.9 Å². The Hall–Kier alpha value is -0.290. The van der Waals surface area contributed by atoms with E-state index in [1.54, 1.807) is 0 Å². The number of ether oxygens (including phenoxy) is 1. The summed E-state index contributed by atoms with van der Waals surface area (Å²) >= 11 is 9.65. The Balaban J connectivity index is 1.71. The second-order valence-electron chi connectivity index (χ2n) is 5.44. The van der Waals surface area contributed by atoms with Crippen LogP contribution in [0.1, 0.15) is 12.0 Å². The fourth-order valence-corrected chi connectivity index (χ4v) is 3.72. The number of hydrogen-bond donors (Lipinski definition) is 0. The van der Waals surface area contributed by atoms with Crippen molar-refractivity contribution in [2.75, 3.05) is 44.3 Å². The van der Waals surface area contributed by atoms with Crippen LogP contribution in [0.5, 0.6) is 0 Å². The molecule has 0 aliphatic carbocycles. The van der Waals surface area contributed by atoms with Crippen molar-refractivity contribution >= 4 is 33.2 Å². The fraction of sp³-hybridized carbons (Fsp3) is 0.600. The van der Waals surface area contributed by atoms with E-state index >= 15 is 0 Å². The summed E-state index contributed by atoms with van der Waals surface area (Å²) < 4.78 is 6.57. The van der Waals surface area contributed by atoms with Crippen LogP contribution < -0.4 is 4.90 Å². The number of nitrogens with zero attached hydrogens (tertiary/aromatic N) is 2. The highest BCUT2D eigenvalue weighted by atomic mass is 79.9. The third kappa shape index (κ3) is 3.14. The lowest BCUT2D eigenvalue weighted by Crippen LogP contribution is -2.44. The van der Waals surface area contributed by atoms with Crippen LogP contribution in [0.4, 0.5) is 5.69 Å². The molecule has 0 spiro atoms. The number of morpholine rings is 1. The van der Waals surface area contributed by atoms with Gasteiger partial charge in [-0.15, -0.1) is 11.6 Å². The molecule has 5 heteroatoms. The van der Waals surface area contributed by atoms with Gasteiger partial charge in [0.15, 0.2) is 0 Å². The normalized spacial score (nSPS) is 24.3. The van der Waals surface area contributed by atoms with Crippen LogP contribution in [0.25, 0.3) is 0 Å². The zero-order chi connectivity index (χ0) is 13.9. The number of anilines is 1. The minimum atomic E-state index is 0.571. The van der Waals surface area contributed by atoms with E-state index in [-0.39, 0.29) is 0 Å². The summed E-state index contributed by atoms with van der Waals surface area (Å²) in [4.78, 5) is 5.05. The minimum Gasteiger partial charge on any atom is -0.379 e. The molecule has 1 atom stereocenters. The Morgan fingerprint density at radius 2 is 2.05 bits per heavy atom. The molecular formula is C15H20BrClN2O. The molecule has 2 heterocycles. The van der Waals surface area contributed by atoms with E-state index in [9.17, 15) is 0 Å². The van der Waals surface area contributed by atoms with Gasteiger partial charge in [-0.2, -0.15) is 0 Å². The number of halogens is 2. The predicted octanol–water partition coefficient (Wildman–Crippen LogP) is 3.10. The maximum atomic E-state index is 6.08. The molecule has 2 aliphatic rings. The quantitative estimate of drug-likeness (QED) is 0.771. The summed E-state index contributed by atoms with van der Waals surface area (Å²) in [5.41, 5.74) is 2.50. The molecular weight excluding hydrogens is 340 g/mol. The molecule has 0 amide bonds. The lowest BCUT2D eigenvalue weighted by molar-refractivity contribution is 0.0209. The summed E-state index contributed by atoms with van der Waals surface area (Å²) in [6, 6.07) is 7.03. The summed E-state index contributed by atoms with van der Waals surface area (Å²) in [5.74, 6) is 0.571. The standard InChI is InChI=1S/C15H20BrClN2O/c16-13-2-1-12(10-17)15(9-13)19-4-3-14(11-19)18-5-7-20-8-6-18/h1-2,9,14H,3-8,10-11H2. The molecule has 3 nitrogen and oxygen atoms in total. The molecule has 0 N–H and O–H groups in total. The average molecular weight is 360 g/mol. The van der Waals surface area contributed by atoms with Crippen molar-refractivity contribution in [2.24, 2.45) is 0 Å². The highest BCUT2D eigenvalue weighted by Crippen LogP contribution is 2.30. The fourth-order valence-electron chi connectivity index (χ4n) is 3.15. The van der Waals surface area contributed by atoms with Gasteiger partial charge >= 0.3 is 0 Å². The largest absolute Gasteiger partial charge is 0.379 e. The van der Waals surface area contributed by atoms with Crippen molar-refractivity contribution in [3.8, 4) is 0 Å². The summed E-state index contributed by atoms with van der Waals surface area (Å²) in [6.07, 6.45) is 1.23. The number of rotatable bonds is 3. The lowest BCUT2D eigenvalue weighted by atomic mass is 10.2. The molecule has 0 saturated carbocycles. The molecule has 1 aromatic carbocycles. The van der Waals surface area contributed by atoms with Gasteiger partial charge in [-0.1, -0.05) is 22.0 Å². The summed E-state index contributed by atoms with van der Waals surface area (Å²) in [6.45, 7) is 6.10. The summed E-state index contributed by atoms with van der Waals surface area (Å²) in [7, 11) is 0. The van der Waals surface area contributed by atoms with E-state index < -0.39 is 0 Å². The van der Waals surface area contributed by atoms with Gasteiger partial charge in [-0.25, -0.2) is 0 Å². The van der Waals surface area contributed by atoms with E-state index in [2.05, 4.69) is 43.9 Å². The van der Waals surface area contributed by atoms with Gasteiger partial charge in [-0.05, 0) is 24.1 Å². The second kappa shape index (κ2) is 6.65. The molecule has 0 radical (unpaired) electrons. The van der Waals surface area contributed by atoms with Gasteiger partial charge in [0.2, 0.25) is 0 Å². The molecule has 0 aromatic heterocycles. The highest BCUT2D eigenvalue weighted by Gasteiger charge is 2.29.